The molecule has 0 unspecified atom stereocenters. The molecule has 0 spiro atoms. The molecule has 15 heavy (non-hydrogen) atoms. The van der Waals surface area contributed by atoms with Gasteiger partial charge < -0.3 is 11.1 Å². The van der Waals surface area contributed by atoms with E-state index < -0.39 is 0 Å². The van der Waals surface area contributed by atoms with Crippen molar-refractivity contribution in [1.82, 2.24) is 5.32 Å². The number of hydrogen-bond donors (Lipinski definition) is 2. The fraction of sp³-hybridized carbons (Fsp3) is 0.909. The van der Waals surface area contributed by atoms with Crippen LogP contribution in [0.4, 0.5) is 0 Å². The summed E-state index contributed by atoms with van der Waals surface area (Å²) in [5.41, 5.74) is 5.85. The summed E-state index contributed by atoms with van der Waals surface area (Å²) < 4.78 is 0. The number of guanidine groups is 1. The molecule has 0 saturated heterocycles. The second kappa shape index (κ2) is 5.10. The van der Waals surface area contributed by atoms with Crippen LogP contribution in [0.5, 0.6) is 0 Å². The van der Waals surface area contributed by atoms with Crippen molar-refractivity contribution in [2.75, 3.05) is 6.26 Å². The number of nitrogens with zero attached hydrogens (tertiary/aromatic N) is 1. The van der Waals surface area contributed by atoms with E-state index >= 15 is 0 Å². The van der Waals surface area contributed by atoms with Crippen molar-refractivity contribution in [2.45, 2.75) is 55.9 Å². The molecule has 0 aromatic heterocycles. The van der Waals surface area contributed by atoms with E-state index in [-0.39, 0.29) is 0 Å². The summed E-state index contributed by atoms with van der Waals surface area (Å²) in [6.45, 7) is 0. The summed E-state index contributed by atoms with van der Waals surface area (Å²) in [7, 11) is 0. The van der Waals surface area contributed by atoms with Gasteiger partial charge in [0, 0.05) is 11.3 Å². The molecule has 0 bridgehead atoms. The van der Waals surface area contributed by atoms with E-state index in [0.29, 0.717) is 18.0 Å². The monoisotopic (exact) mass is 227 g/mol. The molecule has 2 aliphatic rings. The van der Waals surface area contributed by atoms with Crippen LogP contribution in [-0.4, -0.2) is 29.5 Å². The van der Waals surface area contributed by atoms with Gasteiger partial charge in [-0.05, 0) is 44.8 Å². The first-order valence-electron chi connectivity index (χ1n) is 5.90. The first kappa shape index (κ1) is 11.1. The molecular formula is C11H21N3S. The van der Waals surface area contributed by atoms with Gasteiger partial charge in [0.2, 0.25) is 0 Å². The van der Waals surface area contributed by atoms with E-state index in [9.17, 15) is 0 Å². The summed E-state index contributed by atoms with van der Waals surface area (Å²) in [5.74, 6) is 0.671. The van der Waals surface area contributed by atoms with Crippen molar-refractivity contribution in [3.63, 3.8) is 0 Å². The maximum atomic E-state index is 5.85. The smallest absolute Gasteiger partial charge is 0.189 e. The summed E-state index contributed by atoms with van der Waals surface area (Å²) in [6.07, 6.45) is 9.73. The number of nitrogens with one attached hydrogen (secondary N) is 1. The lowest BCUT2D eigenvalue weighted by Gasteiger charge is -2.25. The molecule has 2 fully saturated rings. The molecule has 3 N–H and O–H groups in total. The lowest BCUT2D eigenvalue weighted by Crippen LogP contribution is -2.35. The van der Waals surface area contributed by atoms with Crippen molar-refractivity contribution in [2.24, 2.45) is 10.7 Å². The normalized spacial score (nSPS) is 32.7. The van der Waals surface area contributed by atoms with Gasteiger partial charge in [-0.3, -0.25) is 4.99 Å². The van der Waals surface area contributed by atoms with Crippen LogP contribution in [0.1, 0.15) is 38.5 Å². The highest BCUT2D eigenvalue weighted by Gasteiger charge is 2.23. The fourth-order valence-electron chi connectivity index (χ4n) is 2.08. The van der Waals surface area contributed by atoms with Crippen LogP contribution in [0, 0.1) is 0 Å². The molecule has 4 heteroatoms. The van der Waals surface area contributed by atoms with Crippen LogP contribution in [0.3, 0.4) is 0 Å². The molecule has 0 heterocycles. The van der Waals surface area contributed by atoms with Gasteiger partial charge >= 0.3 is 0 Å². The Morgan fingerprint density at radius 2 is 1.87 bits per heavy atom. The predicted molar refractivity (Wildman–Crippen MR) is 67.3 cm³/mol. The zero-order valence-corrected chi connectivity index (χ0v) is 10.2. The van der Waals surface area contributed by atoms with E-state index in [0.717, 1.165) is 5.25 Å². The summed E-state index contributed by atoms with van der Waals surface area (Å²) in [6, 6.07) is 1.09. The lowest BCUT2D eigenvalue weighted by molar-refractivity contribution is 0.451. The highest BCUT2D eigenvalue weighted by molar-refractivity contribution is 7.99. The van der Waals surface area contributed by atoms with Gasteiger partial charge in [0.25, 0.3) is 0 Å². The summed E-state index contributed by atoms with van der Waals surface area (Å²) >= 11 is 1.99. The molecule has 0 aliphatic heterocycles. The second-order valence-corrected chi connectivity index (χ2v) is 5.74. The molecule has 2 rings (SSSR count). The molecule has 0 radical (unpaired) electrons. The zero-order chi connectivity index (χ0) is 10.7. The van der Waals surface area contributed by atoms with E-state index in [1.165, 1.54) is 38.5 Å². The van der Waals surface area contributed by atoms with Crippen LogP contribution < -0.4 is 11.1 Å². The highest BCUT2D eigenvalue weighted by atomic mass is 32.2. The molecule has 0 atom stereocenters. The van der Waals surface area contributed by atoms with Crippen molar-refractivity contribution in [1.29, 1.82) is 0 Å². The average molecular weight is 227 g/mol. The van der Waals surface area contributed by atoms with Crippen LogP contribution in [0.2, 0.25) is 0 Å². The molecule has 0 aromatic carbocycles. The number of thioether (sulfide) groups is 1. The van der Waals surface area contributed by atoms with Gasteiger partial charge in [0.15, 0.2) is 5.96 Å². The number of nitrogens with two attached hydrogens (primary N) is 1. The number of aliphatic imine (C=N–C) groups is 1. The number of rotatable bonds is 3. The minimum atomic E-state index is 0.472. The Balaban J connectivity index is 1.74. The molecule has 0 amide bonds. The van der Waals surface area contributed by atoms with Crippen molar-refractivity contribution in [3.8, 4) is 0 Å². The van der Waals surface area contributed by atoms with Crippen molar-refractivity contribution in [3.05, 3.63) is 0 Å². The Hall–Kier alpha value is -0.380. The standard InChI is InChI=1S/C11H21N3S/c1-15-10-6-4-9(5-7-10)14-11(12)13-8-2-3-8/h8-10H,2-7H2,1H3,(H3,12,13,14). The third-order valence-electron chi connectivity index (χ3n) is 3.23. The third-order valence-corrected chi connectivity index (χ3v) is 4.37. The lowest BCUT2D eigenvalue weighted by atomic mass is 9.95. The Labute approximate surface area is 96.3 Å². The first-order valence-corrected chi connectivity index (χ1v) is 7.19. The van der Waals surface area contributed by atoms with E-state index in [4.69, 9.17) is 5.73 Å². The maximum Gasteiger partial charge on any atom is 0.189 e. The topological polar surface area (TPSA) is 50.4 Å². The van der Waals surface area contributed by atoms with Gasteiger partial charge in [-0.1, -0.05) is 0 Å². The second-order valence-electron chi connectivity index (χ2n) is 4.60. The number of hydrogen-bond acceptors (Lipinski definition) is 2. The Kier molecular flexibility index (Phi) is 3.78. The van der Waals surface area contributed by atoms with E-state index in [1.807, 2.05) is 11.8 Å². The Morgan fingerprint density at radius 3 is 2.40 bits per heavy atom. The average Bonchev–Trinajstić information content (AvgIpc) is 3.03. The third kappa shape index (κ3) is 3.59. The van der Waals surface area contributed by atoms with Gasteiger partial charge in [-0.15, -0.1) is 0 Å². The van der Waals surface area contributed by atoms with E-state index in [2.05, 4.69) is 16.6 Å². The highest BCUT2D eigenvalue weighted by Crippen LogP contribution is 2.28. The predicted octanol–water partition coefficient (Wildman–Crippen LogP) is 1.73. The van der Waals surface area contributed by atoms with Crippen LogP contribution in [0.25, 0.3) is 0 Å². The summed E-state index contributed by atoms with van der Waals surface area (Å²) in [4.78, 5) is 4.56. The Bertz CT molecular complexity index is 230. The molecular weight excluding hydrogens is 206 g/mol. The summed E-state index contributed by atoms with van der Waals surface area (Å²) in [5, 5.41) is 4.10. The van der Waals surface area contributed by atoms with Gasteiger partial charge in [-0.25, -0.2) is 0 Å². The Morgan fingerprint density at radius 1 is 1.20 bits per heavy atom. The SMILES string of the molecule is CSC1CCC(N=C(N)NC2CC2)CC1. The first-order chi connectivity index (χ1) is 7.28. The van der Waals surface area contributed by atoms with Crippen LogP contribution >= 0.6 is 11.8 Å². The molecule has 2 saturated carbocycles. The zero-order valence-electron chi connectivity index (χ0n) is 9.41. The minimum Gasteiger partial charge on any atom is -0.370 e. The fourth-order valence-corrected chi connectivity index (χ4v) is 2.82. The van der Waals surface area contributed by atoms with Gasteiger partial charge in [-0.2, -0.15) is 11.8 Å². The minimum absolute atomic E-state index is 0.472. The van der Waals surface area contributed by atoms with Crippen molar-refractivity contribution >= 4 is 17.7 Å². The van der Waals surface area contributed by atoms with Crippen LogP contribution in [-0.2, 0) is 0 Å². The maximum absolute atomic E-state index is 5.85. The molecule has 86 valence electrons. The van der Waals surface area contributed by atoms with Gasteiger partial charge in [0.05, 0.1) is 6.04 Å². The molecule has 3 nitrogen and oxygen atoms in total. The van der Waals surface area contributed by atoms with Crippen molar-refractivity contribution < 1.29 is 0 Å². The van der Waals surface area contributed by atoms with Crippen LogP contribution in [0.15, 0.2) is 4.99 Å². The van der Waals surface area contributed by atoms with Gasteiger partial charge in [0.1, 0.15) is 0 Å². The van der Waals surface area contributed by atoms with E-state index in [1.54, 1.807) is 0 Å². The largest absolute Gasteiger partial charge is 0.370 e. The molecule has 0 aromatic rings. The quantitative estimate of drug-likeness (QED) is 0.570. The molecule has 2 aliphatic carbocycles.